The van der Waals surface area contributed by atoms with E-state index in [1.807, 2.05) is 0 Å². The fourth-order valence-corrected chi connectivity index (χ4v) is 1.38. The van der Waals surface area contributed by atoms with Crippen LogP contribution in [0.5, 0.6) is 5.75 Å². The molecule has 1 amide bonds. The molecule has 1 atom stereocenters. The number of amides is 1. The Morgan fingerprint density at radius 3 is 2.68 bits per heavy atom. The number of benzene rings is 1. The number of hydrogen-bond donors (Lipinski definition) is 2. The summed E-state index contributed by atoms with van der Waals surface area (Å²) in [6.45, 7) is 3.47. The SMILES string of the molecule is CCOc1ccc(CNC(=O)C(C)C(=O)O)cc1F. The van der Waals surface area contributed by atoms with E-state index < -0.39 is 23.6 Å². The van der Waals surface area contributed by atoms with Gasteiger partial charge in [-0.05, 0) is 31.5 Å². The van der Waals surface area contributed by atoms with Gasteiger partial charge >= 0.3 is 5.97 Å². The monoisotopic (exact) mass is 269 g/mol. The Balaban J connectivity index is 2.61. The van der Waals surface area contributed by atoms with Gasteiger partial charge in [-0.15, -0.1) is 0 Å². The van der Waals surface area contributed by atoms with E-state index in [0.717, 1.165) is 0 Å². The van der Waals surface area contributed by atoms with E-state index in [9.17, 15) is 14.0 Å². The quantitative estimate of drug-likeness (QED) is 0.768. The molecule has 0 spiro atoms. The lowest BCUT2D eigenvalue weighted by atomic mass is 10.1. The van der Waals surface area contributed by atoms with Crippen molar-refractivity contribution >= 4 is 11.9 Å². The molecule has 6 heteroatoms. The van der Waals surface area contributed by atoms with E-state index in [4.69, 9.17) is 9.84 Å². The summed E-state index contributed by atoms with van der Waals surface area (Å²) >= 11 is 0. The molecule has 0 aliphatic rings. The molecule has 0 heterocycles. The zero-order chi connectivity index (χ0) is 14.4. The second kappa shape index (κ2) is 6.72. The number of hydrogen-bond acceptors (Lipinski definition) is 3. The highest BCUT2D eigenvalue weighted by molar-refractivity contribution is 5.96. The third-order valence-electron chi connectivity index (χ3n) is 2.53. The first-order valence-electron chi connectivity index (χ1n) is 5.87. The van der Waals surface area contributed by atoms with Gasteiger partial charge in [0, 0.05) is 6.54 Å². The van der Waals surface area contributed by atoms with Crippen LogP contribution in [0.2, 0.25) is 0 Å². The number of carboxylic acids is 1. The Hall–Kier alpha value is -2.11. The Labute approximate surface area is 110 Å². The molecule has 19 heavy (non-hydrogen) atoms. The minimum atomic E-state index is -1.20. The highest BCUT2D eigenvalue weighted by Gasteiger charge is 2.19. The third-order valence-corrected chi connectivity index (χ3v) is 2.53. The van der Waals surface area contributed by atoms with Gasteiger partial charge in [-0.25, -0.2) is 4.39 Å². The lowest BCUT2D eigenvalue weighted by Gasteiger charge is -2.10. The van der Waals surface area contributed by atoms with Crippen molar-refractivity contribution in [1.82, 2.24) is 5.32 Å². The first-order valence-corrected chi connectivity index (χ1v) is 5.87. The summed E-state index contributed by atoms with van der Waals surface area (Å²) in [5.41, 5.74) is 0.534. The fourth-order valence-electron chi connectivity index (χ4n) is 1.38. The Morgan fingerprint density at radius 1 is 1.47 bits per heavy atom. The van der Waals surface area contributed by atoms with Gasteiger partial charge in [0.15, 0.2) is 11.6 Å². The zero-order valence-corrected chi connectivity index (χ0v) is 10.8. The van der Waals surface area contributed by atoms with Gasteiger partial charge in [0.2, 0.25) is 5.91 Å². The fraction of sp³-hybridized carbons (Fsp3) is 0.385. The van der Waals surface area contributed by atoms with Gasteiger partial charge in [0.05, 0.1) is 6.61 Å². The molecule has 1 aromatic rings. The molecule has 0 saturated carbocycles. The second-order valence-electron chi connectivity index (χ2n) is 3.98. The number of carboxylic acid groups (broad SMARTS) is 1. The van der Waals surface area contributed by atoms with Crippen molar-refractivity contribution in [3.63, 3.8) is 0 Å². The van der Waals surface area contributed by atoms with Crippen molar-refractivity contribution in [1.29, 1.82) is 0 Å². The lowest BCUT2D eigenvalue weighted by molar-refractivity contribution is -0.146. The van der Waals surface area contributed by atoms with Gasteiger partial charge in [0.1, 0.15) is 5.92 Å². The van der Waals surface area contributed by atoms with Gasteiger partial charge < -0.3 is 15.2 Å². The van der Waals surface area contributed by atoms with Crippen LogP contribution in [0.1, 0.15) is 19.4 Å². The Morgan fingerprint density at radius 2 is 2.16 bits per heavy atom. The number of ether oxygens (including phenoxy) is 1. The van der Waals surface area contributed by atoms with Crippen molar-refractivity contribution in [3.05, 3.63) is 29.6 Å². The highest BCUT2D eigenvalue weighted by atomic mass is 19.1. The number of rotatable bonds is 6. The average molecular weight is 269 g/mol. The molecule has 0 radical (unpaired) electrons. The molecule has 0 bridgehead atoms. The highest BCUT2D eigenvalue weighted by Crippen LogP contribution is 2.18. The predicted molar refractivity (Wildman–Crippen MR) is 66.2 cm³/mol. The van der Waals surface area contributed by atoms with Crippen LogP contribution < -0.4 is 10.1 Å². The summed E-state index contributed by atoms with van der Waals surface area (Å²) in [6.07, 6.45) is 0. The standard InChI is InChI=1S/C13H16FNO4/c1-3-19-11-5-4-9(6-10(11)14)7-15-12(16)8(2)13(17)18/h4-6,8H,3,7H2,1-2H3,(H,15,16)(H,17,18). The maximum Gasteiger partial charge on any atom is 0.315 e. The molecule has 0 saturated heterocycles. The van der Waals surface area contributed by atoms with E-state index in [2.05, 4.69) is 5.32 Å². The normalized spacial score (nSPS) is 11.7. The van der Waals surface area contributed by atoms with Crippen LogP contribution in [0.4, 0.5) is 4.39 Å². The minimum absolute atomic E-state index is 0.0692. The van der Waals surface area contributed by atoms with E-state index in [0.29, 0.717) is 12.2 Å². The summed E-state index contributed by atoms with van der Waals surface area (Å²) in [5.74, 6) is -3.30. The molecule has 0 fully saturated rings. The smallest absolute Gasteiger partial charge is 0.315 e. The maximum absolute atomic E-state index is 13.5. The third kappa shape index (κ3) is 4.24. The van der Waals surface area contributed by atoms with Crippen LogP contribution in [-0.4, -0.2) is 23.6 Å². The van der Waals surface area contributed by atoms with Crippen molar-refractivity contribution < 1.29 is 23.8 Å². The largest absolute Gasteiger partial charge is 0.491 e. The number of carbonyl (C=O) groups excluding carboxylic acids is 1. The molecular formula is C13H16FNO4. The van der Waals surface area contributed by atoms with Crippen molar-refractivity contribution in [3.8, 4) is 5.75 Å². The van der Waals surface area contributed by atoms with Gasteiger partial charge in [0.25, 0.3) is 0 Å². The van der Waals surface area contributed by atoms with Crippen LogP contribution in [0.3, 0.4) is 0 Å². The lowest BCUT2D eigenvalue weighted by Crippen LogP contribution is -2.33. The van der Waals surface area contributed by atoms with Crippen LogP contribution in [-0.2, 0) is 16.1 Å². The molecule has 104 valence electrons. The van der Waals surface area contributed by atoms with E-state index in [-0.39, 0.29) is 12.3 Å². The van der Waals surface area contributed by atoms with Crippen molar-refractivity contribution in [2.45, 2.75) is 20.4 Å². The van der Waals surface area contributed by atoms with E-state index in [1.165, 1.54) is 19.1 Å². The molecular weight excluding hydrogens is 253 g/mol. The number of halogens is 1. The van der Waals surface area contributed by atoms with Gasteiger partial charge in [-0.1, -0.05) is 6.07 Å². The molecule has 1 unspecified atom stereocenters. The first kappa shape index (κ1) is 14.9. The molecule has 0 aromatic heterocycles. The molecule has 5 nitrogen and oxygen atoms in total. The molecule has 1 rings (SSSR count). The molecule has 2 N–H and O–H groups in total. The predicted octanol–water partition coefficient (Wildman–Crippen LogP) is 1.56. The average Bonchev–Trinajstić information content (AvgIpc) is 2.38. The number of aliphatic carboxylic acids is 1. The van der Waals surface area contributed by atoms with Crippen LogP contribution in [0.15, 0.2) is 18.2 Å². The summed E-state index contributed by atoms with van der Waals surface area (Å²) in [6, 6.07) is 4.33. The summed E-state index contributed by atoms with van der Waals surface area (Å²) in [7, 11) is 0. The second-order valence-corrected chi connectivity index (χ2v) is 3.98. The van der Waals surface area contributed by atoms with Gasteiger partial charge in [-0.2, -0.15) is 0 Å². The zero-order valence-electron chi connectivity index (χ0n) is 10.8. The van der Waals surface area contributed by atoms with E-state index in [1.54, 1.807) is 13.0 Å². The number of nitrogens with one attached hydrogen (secondary N) is 1. The van der Waals surface area contributed by atoms with Crippen LogP contribution >= 0.6 is 0 Å². The first-order chi connectivity index (χ1) is 8.95. The van der Waals surface area contributed by atoms with Crippen LogP contribution in [0, 0.1) is 11.7 Å². The number of carbonyl (C=O) groups is 2. The van der Waals surface area contributed by atoms with Crippen LogP contribution in [0.25, 0.3) is 0 Å². The molecule has 0 aliphatic heterocycles. The summed E-state index contributed by atoms with van der Waals surface area (Å²) in [4.78, 5) is 22.0. The summed E-state index contributed by atoms with van der Waals surface area (Å²) < 4.78 is 18.6. The van der Waals surface area contributed by atoms with Crippen molar-refractivity contribution in [2.24, 2.45) is 5.92 Å². The van der Waals surface area contributed by atoms with Gasteiger partial charge in [-0.3, -0.25) is 9.59 Å². The van der Waals surface area contributed by atoms with E-state index >= 15 is 0 Å². The molecule has 1 aromatic carbocycles. The Bertz CT molecular complexity index is 476. The molecule has 0 aliphatic carbocycles. The summed E-state index contributed by atoms with van der Waals surface area (Å²) in [5, 5.41) is 11.1. The minimum Gasteiger partial charge on any atom is -0.491 e. The maximum atomic E-state index is 13.5. The topological polar surface area (TPSA) is 75.6 Å². The Kier molecular flexibility index (Phi) is 5.29. The van der Waals surface area contributed by atoms with Crippen molar-refractivity contribution in [2.75, 3.05) is 6.61 Å².